The topological polar surface area (TPSA) is 50.2 Å². The van der Waals surface area contributed by atoms with Crippen LogP contribution in [0.4, 0.5) is 0 Å². The first-order chi connectivity index (χ1) is 9.24. The summed E-state index contributed by atoms with van der Waals surface area (Å²) in [6, 6.07) is 12.2. The van der Waals surface area contributed by atoms with Gasteiger partial charge in [0.05, 0.1) is 11.0 Å². The van der Waals surface area contributed by atoms with Crippen molar-refractivity contribution >= 4 is 27.2 Å². The zero-order chi connectivity index (χ0) is 13.0. The summed E-state index contributed by atoms with van der Waals surface area (Å²) in [6.45, 7) is 1.99. The van der Waals surface area contributed by atoms with Crippen molar-refractivity contribution in [2.24, 2.45) is 0 Å². The van der Waals surface area contributed by atoms with Crippen LogP contribution in [0.3, 0.4) is 0 Å². The Balaban J connectivity index is 2.35. The molecular formula is C15H11N3O. The lowest BCUT2D eigenvalue weighted by atomic mass is 10.1. The van der Waals surface area contributed by atoms with E-state index in [-0.39, 0.29) is 5.69 Å². The lowest BCUT2D eigenvalue weighted by molar-refractivity contribution is 0.882. The lowest BCUT2D eigenvalue weighted by Crippen LogP contribution is -2.17. The zero-order valence-corrected chi connectivity index (χ0v) is 10.3. The Hall–Kier alpha value is -2.62. The summed E-state index contributed by atoms with van der Waals surface area (Å²) in [6.07, 6.45) is 1.83. The molecule has 0 saturated carbocycles. The molecule has 4 heteroatoms. The molecule has 0 aliphatic carbocycles. The van der Waals surface area contributed by atoms with E-state index in [0.29, 0.717) is 0 Å². The van der Waals surface area contributed by atoms with E-state index in [9.17, 15) is 4.79 Å². The molecule has 0 atom stereocenters. The van der Waals surface area contributed by atoms with Crippen molar-refractivity contribution in [2.75, 3.05) is 0 Å². The molecule has 0 fully saturated rings. The van der Waals surface area contributed by atoms with E-state index >= 15 is 0 Å². The van der Waals surface area contributed by atoms with E-state index in [0.717, 1.165) is 32.8 Å². The highest BCUT2D eigenvalue weighted by Gasteiger charge is 2.09. The maximum atomic E-state index is 12.0. The third kappa shape index (κ3) is 1.34. The van der Waals surface area contributed by atoms with Crippen LogP contribution in [0.5, 0.6) is 0 Å². The highest BCUT2D eigenvalue weighted by molar-refractivity contribution is 6.03. The average Bonchev–Trinajstić information content (AvgIpc) is 2.80. The molecule has 0 unspecified atom stereocenters. The van der Waals surface area contributed by atoms with Crippen molar-refractivity contribution in [1.82, 2.24) is 14.6 Å². The Bertz CT molecular complexity index is 995. The van der Waals surface area contributed by atoms with E-state index in [1.807, 2.05) is 37.4 Å². The molecule has 0 amide bonds. The monoisotopic (exact) mass is 249 g/mol. The van der Waals surface area contributed by atoms with Gasteiger partial charge in [0.25, 0.3) is 0 Å². The Kier molecular flexibility index (Phi) is 1.87. The van der Waals surface area contributed by atoms with Gasteiger partial charge in [-0.25, -0.2) is 9.31 Å². The molecule has 1 N–H and O–H groups in total. The molecular weight excluding hydrogens is 238 g/mol. The number of benzene rings is 2. The van der Waals surface area contributed by atoms with Gasteiger partial charge in [-0.1, -0.05) is 24.3 Å². The Labute approximate surface area is 108 Å². The summed E-state index contributed by atoms with van der Waals surface area (Å²) in [7, 11) is 0. The molecule has 2 aromatic carbocycles. The summed E-state index contributed by atoms with van der Waals surface area (Å²) in [5, 5.41) is 6.18. The fourth-order valence-corrected chi connectivity index (χ4v) is 2.62. The standard InChI is InChI=1S/C15H11N3O/c1-9-8-16-18-14(9)12-6-10-4-2-3-5-11(10)7-13(12)17-15(18)19/h2-8,16H,1H3. The van der Waals surface area contributed by atoms with Gasteiger partial charge in [0.1, 0.15) is 0 Å². The molecule has 4 rings (SSSR count). The van der Waals surface area contributed by atoms with Crippen LogP contribution in [0, 0.1) is 6.92 Å². The SMILES string of the molecule is Cc1c[nH]n2c(=O)nc3cc4ccccc4cc3c12. The number of hydrogen-bond donors (Lipinski definition) is 1. The molecule has 0 spiro atoms. The fraction of sp³-hybridized carbons (Fsp3) is 0.0667. The number of fused-ring (bicyclic) bond motifs is 4. The normalized spacial score (nSPS) is 11.6. The number of aromatic nitrogens is 3. The van der Waals surface area contributed by atoms with Crippen LogP contribution in [0.1, 0.15) is 5.56 Å². The molecule has 0 saturated heterocycles. The third-order valence-corrected chi connectivity index (χ3v) is 3.53. The van der Waals surface area contributed by atoms with Crippen LogP contribution < -0.4 is 5.69 Å². The molecule has 0 bridgehead atoms. The highest BCUT2D eigenvalue weighted by atomic mass is 16.1. The minimum atomic E-state index is -0.272. The van der Waals surface area contributed by atoms with Crippen molar-refractivity contribution in [3.05, 3.63) is 58.6 Å². The molecule has 0 aliphatic rings. The Morgan fingerprint density at radius 2 is 1.89 bits per heavy atom. The fourth-order valence-electron chi connectivity index (χ4n) is 2.62. The summed E-state index contributed by atoms with van der Waals surface area (Å²) in [4.78, 5) is 16.1. The van der Waals surface area contributed by atoms with Crippen molar-refractivity contribution in [2.45, 2.75) is 6.92 Å². The second-order valence-corrected chi connectivity index (χ2v) is 4.75. The van der Waals surface area contributed by atoms with Crippen LogP contribution in [-0.4, -0.2) is 14.6 Å². The van der Waals surface area contributed by atoms with Gasteiger partial charge in [-0.05, 0) is 35.4 Å². The summed E-state index contributed by atoms with van der Waals surface area (Å²) in [5.74, 6) is 0. The minimum Gasteiger partial charge on any atom is -0.297 e. The van der Waals surface area contributed by atoms with Crippen LogP contribution in [0.2, 0.25) is 0 Å². The van der Waals surface area contributed by atoms with Gasteiger partial charge in [0, 0.05) is 11.6 Å². The first kappa shape index (κ1) is 10.3. The molecule has 2 heterocycles. The predicted molar refractivity (Wildman–Crippen MR) is 75.6 cm³/mol. The molecule has 19 heavy (non-hydrogen) atoms. The molecule has 92 valence electrons. The van der Waals surface area contributed by atoms with Crippen LogP contribution in [0.25, 0.3) is 27.2 Å². The second-order valence-electron chi connectivity index (χ2n) is 4.75. The van der Waals surface area contributed by atoms with Crippen molar-refractivity contribution in [3.8, 4) is 0 Å². The highest BCUT2D eigenvalue weighted by Crippen LogP contribution is 2.25. The second kappa shape index (κ2) is 3.45. The number of aromatic amines is 1. The van der Waals surface area contributed by atoms with Crippen LogP contribution in [0.15, 0.2) is 47.4 Å². The third-order valence-electron chi connectivity index (χ3n) is 3.53. The maximum Gasteiger partial charge on any atom is 0.367 e. The maximum absolute atomic E-state index is 12.0. The first-order valence-electron chi connectivity index (χ1n) is 6.13. The number of aryl methyl sites for hydroxylation is 1. The van der Waals surface area contributed by atoms with Gasteiger partial charge in [-0.3, -0.25) is 5.10 Å². The smallest absolute Gasteiger partial charge is 0.297 e. The van der Waals surface area contributed by atoms with Gasteiger partial charge in [0.2, 0.25) is 0 Å². The minimum absolute atomic E-state index is 0.272. The molecule has 2 aromatic heterocycles. The van der Waals surface area contributed by atoms with Crippen molar-refractivity contribution in [1.29, 1.82) is 0 Å². The van der Waals surface area contributed by atoms with Crippen LogP contribution in [-0.2, 0) is 0 Å². The van der Waals surface area contributed by atoms with Gasteiger partial charge in [0.15, 0.2) is 0 Å². The van der Waals surface area contributed by atoms with Crippen molar-refractivity contribution < 1.29 is 0 Å². The Morgan fingerprint density at radius 1 is 1.16 bits per heavy atom. The summed E-state index contributed by atoms with van der Waals surface area (Å²) < 4.78 is 1.49. The zero-order valence-electron chi connectivity index (χ0n) is 10.3. The van der Waals surface area contributed by atoms with Crippen molar-refractivity contribution in [3.63, 3.8) is 0 Å². The number of H-pyrrole nitrogens is 1. The van der Waals surface area contributed by atoms with Gasteiger partial charge >= 0.3 is 5.69 Å². The van der Waals surface area contributed by atoms with Gasteiger partial charge < -0.3 is 0 Å². The van der Waals surface area contributed by atoms with E-state index < -0.39 is 0 Å². The lowest BCUT2D eigenvalue weighted by Gasteiger charge is -2.03. The summed E-state index contributed by atoms with van der Waals surface area (Å²) >= 11 is 0. The quantitative estimate of drug-likeness (QED) is 0.487. The van der Waals surface area contributed by atoms with Gasteiger partial charge in [-0.15, -0.1) is 0 Å². The molecule has 0 radical (unpaired) electrons. The molecule has 0 aliphatic heterocycles. The van der Waals surface area contributed by atoms with E-state index in [2.05, 4.69) is 22.2 Å². The number of hydrogen-bond acceptors (Lipinski definition) is 2. The average molecular weight is 249 g/mol. The number of nitrogens with one attached hydrogen (secondary N) is 1. The predicted octanol–water partition coefficient (Wildman–Crippen LogP) is 2.64. The summed E-state index contributed by atoms with van der Waals surface area (Å²) in [5.41, 5.74) is 2.41. The number of nitrogens with zero attached hydrogens (tertiary/aromatic N) is 2. The Morgan fingerprint density at radius 3 is 2.68 bits per heavy atom. The van der Waals surface area contributed by atoms with E-state index in [1.165, 1.54) is 4.52 Å². The van der Waals surface area contributed by atoms with E-state index in [4.69, 9.17) is 0 Å². The van der Waals surface area contributed by atoms with E-state index in [1.54, 1.807) is 0 Å². The first-order valence-corrected chi connectivity index (χ1v) is 6.13. The number of rotatable bonds is 0. The van der Waals surface area contributed by atoms with Gasteiger partial charge in [-0.2, -0.15) is 4.98 Å². The van der Waals surface area contributed by atoms with Crippen LogP contribution >= 0.6 is 0 Å². The molecule has 4 aromatic rings. The largest absolute Gasteiger partial charge is 0.367 e. The molecule has 4 nitrogen and oxygen atoms in total.